The molecular weight excluding hydrogens is 270 g/mol. The van der Waals surface area contributed by atoms with E-state index in [9.17, 15) is 9.90 Å². The normalized spacial score (nSPS) is 15.7. The van der Waals surface area contributed by atoms with Crippen LogP contribution in [-0.2, 0) is 0 Å². The van der Waals surface area contributed by atoms with Gasteiger partial charge in [-0.25, -0.2) is 4.98 Å². The summed E-state index contributed by atoms with van der Waals surface area (Å²) in [5, 5.41) is 13.9. The fourth-order valence-corrected chi connectivity index (χ4v) is 3.00. The molecule has 1 fully saturated rings. The Morgan fingerprint density at radius 1 is 1.48 bits per heavy atom. The maximum Gasteiger partial charge on any atom is 0.257 e. The summed E-state index contributed by atoms with van der Waals surface area (Å²) in [6.07, 6.45) is 5.82. The number of aliphatic hydroxyl groups is 1. The van der Waals surface area contributed by atoms with E-state index >= 15 is 0 Å². The number of carbonyl (C=O) groups excluding carboxylic acids is 1. The van der Waals surface area contributed by atoms with E-state index in [4.69, 9.17) is 4.52 Å². The summed E-state index contributed by atoms with van der Waals surface area (Å²) >= 11 is 0. The van der Waals surface area contributed by atoms with Gasteiger partial charge in [0.2, 0.25) is 0 Å². The molecule has 1 N–H and O–H groups in total. The fourth-order valence-electron chi connectivity index (χ4n) is 3.00. The number of aryl methyl sites for hydroxylation is 1. The largest absolute Gasteiger partial charge is 0.395 e. The van der Waals surface area contributed by atoms with Crippen molar-refractivity contribution in [3.8, 4) is 0 Å². The van der Waals surface area contributed by atoms with Crippen LogP contribution in [-0.4, -0.2) is 45.2 Å². The minimum Gasteiger partial charge on any atom is -0.395 e. The van der Waals surface area contributed by atoms with Crippen molar-refractivity contribution in [1.29, 1.82) is 0 Å². The summed E-state index contributed by atoms with van der Waals surface area (Å²) in [6, 6.07) is 2.00. The third-order valence-electron chi connectivity index (χ3n) is 4.12. The second-order valence-corrected chi connectivity index (χ2v) is 5.51. The van der Waals surface area contributed by atoms with Gasteiger partial charge >= 0.3 is 0 Å². The van der Waals surface area contributed by atoms with Crippen LogP contribution in [0.15, 0.2) is 16.8 Å². The molecule has 2 aromatic rings. The van der Waals surface area contributed by atoms with Crippen LogP contribution in [0.5, 0.6) is 0 Å². The minimum absolute atomic E-state index is 0.0236. The molecule has 0 aromatic carbocycles. The molecule has 112 valence electrons. The fraction of sp³-hybridized carbons (Fsp3) is 0.533. The van der Waals surface area contributed by atoms with Crippen LogP contribution in [0.25, 0.3) is 11.1 Å². The molecule has 0 atom stereocenters. The van der Waals surface area contributed by atoms with Gasteiger partial charge in [0.1, 0.15) is 0 Å². The van der Waals surface area contributed by atoms with Crippen molar-refractivity contribution in [2.75, 3.05) is 13.2 Å². The zero-order valence-corrected chi connectivity index (χ0v) is 12.1. The molecular formula is C15H19N3O3. The first-order chi connectivity index (χ1) is 10.2. The van der Waals surface area contributed by atoms with Crippen LogP contribution in [0.2, 0.25) is 0 Å². The second kappa shape index (κ2) is 5.81. The van der Waals surface area contributed by atoms with Crippen molar-refractivity contribution >= 4 is 17.0 Å². The van der Waals surface area contributed by atoms with Gasteiger partial charge in [0.05, 0.1) is 23.3 Å². The van der Waals surface area contributed by atoms with Crippen LogP contribution < -0.4 is 0 Å². The predicted molar refractivity (Wildman–Crippen MR) is 76.9 cm³/mol. The third-order valence-corrected chi connectivity index (χ3v) is 4.12. The Kier molecular flexibility index (Phi) is 3.88. The van der Waals surface area contributed by atoms with Gasteiger partial charge in [-0.1, -0.05) is 18.0 Å². The number of carbonyl (C=O) groups is 1. The van der Waals surface area contributed by atoms with Gasteiger partial charge in [-0.15, -0.1) is 0 Å². The first kappa shape index (κ1) is 14.0. The summed E-state index contributed by atoms with van der Waals surface area (Å²) in [5.41, 5.74) is 1.69. The lowest BCUT2D eigenvalue weighted by molar-refractivity contribution is 0.0638. The number of hydrogen-bond donors (Lipinski definition) is 1. The van der Waals surface area contributed by atoms with E-state index in [1.165, 1.54) is 6.20 Å². The van der Waals surface area contributed by atoms with Crippen LogP contribution in [0, 0.1) is 6.92 Å². The van der Waals surface area contributed by atoms with Gasteiger partial charge in [-0.05, 0) is 25.8 Å². The number of hydrogen-bond acceptors (Lipinski definition) is 5. The average Bonchev–Trinajstić information content (AvgIpc) is 3.14. The number of rotatable bonds is 4. The van der Waals surface area contributed by atoms with E-state index in [-0.39, 0.29) is 18.6 Å². The minimum atomic E-state index is -0.0778. The number of nitrogens with zero attached hydrogens (tertiary/aromatic N) is 3. The number of aromatic nitrogens is 2. The quantitative estimate of drug-likeness (QED) is 0.930. The van der Waals surface area contributed by atoms with Crippen LogP contribution in [0.4, 0.5) is 0 Å². The molecule has 1 saturated carbocycles. The molecule has 3 rings (SSSR count). The lowest BCUT2D eigenvalue weighted by atomic mass is 10.1. The molecule has 0 unspecified atom stereocenters. The van der Waals surface area contributed by atoms with Gasteiger partial charge < -0.3 is 14.5 Å². The molecule has 0 radical (unpaired) electrons. The highest BCUT2D eigenvalue weighted by Crippen LogP contribution is 2.25. The van der Waals surface area contributed by atoms with Crippen molar-refractivity contribution in [1.82, 2.24) is 15.0 Å². The Morgan fingerprint density at radius 2 is 2.24 bits per heavy atom. The molecule has 1 amide bonds. The van der Waals surface area contributed by atoms with Gasteiger partial charge in [-0.3, -0.25) is 4.79 Å². The molecule has 6 nitrogen and oxygen atoms in total. The zero-order valence-electron chi connectivity index (χ0n) is 12.1. The van der Waals surface area contributed by atoms with E-state index in [0.29, 0.717) is 17.8 Å². The summed E-state index contributed by atoms with van der Waals surface area (Å²) in [7, 11) is 0. The number of pyridine rings is 1. The lowest BCUT2D eigenvalue weighted by Crippen LogP contribution is -2.40. The summed E-state index contributed by atoms with van der Waals surface area (Å²) in [6.45, 7) is 2.17. The van der Waals surface area contributed by atoms with Gasteiger partial charge in [-0.2, -0.15) is 0 Å². The average molecular weight is 289 g/mol. The van der Waals surface area contributed by atoms with Crippen molar-refractivity contribution in [3.63, 3.8) is 0 Å². The van der Waals surface area contributed by atoms with Crippen molar-refractivity contribution in [2.45, 2.75) is 38.6 Å². The van der Waals surface area contributed by atoms with Crippen LogP contribution in [0.3, 0.4) is 0 Å². The first-order valence-corrected chi connectivity index (χ1v) is 7.34. The number of aliphatic hydroxyl groups excluding tert-OH is 1. The van der Waals surface area contributed by atoms with Crippen LogP contribution in [0.1, 0.15) is 41.7 Å². The Morgan fingerprint density at radius 3 is 2.95 bits per heavy atom. The standard InChI is InChI=1S/C15H19N3O3/c1-10-13-8-11(9-16-14(13)21-17-10)15(20)18(6-7-19)12-4-2-3-5-12/h8-9,12,19H,2-7H2,1H3. The molecule has 0 aliphatic heterocycles. The molecule has 0 saturated heterocycles. The molecule has 1 aliphatic carbocycles. The van der Waals surface area contributed by atoms with Crippen molar-refractivity contribution in [2.24, 2.45) is 0 Å². The molecule has 0 bridgehead atoms. The highest BCUT2D eigenvalue weighted by molar-refractivity contribution is 5.97. The second-order valence-electron chi connectivity index (χ2n) is 5.51. The van der Waals surface area contributed by atoms with Crippen LogP contribution >= 0.6 is 0 Å². The Labute approximate surface area is 122 Å². The number of amides is 1. The third kappa shape index (κ3) is 2.63. The van der Waals surface area contributed by atoms with E-state index in [1.54, 1.807) is 11.0 Å². The van der Waals surface area contributed by atoms with E-state index in [1.807, 2.05) is 6.92 Å². The summed E-state index contributed by atoms with van der Waals surface area (Å²) in [5.74, 6) is -0.0778. The monoisotopic (exact) mass is 289 g/mol. The Bertz CT molecular complexity index is 647. The van der Waals surface area contributed by atoms with E-state index in [0.717, 1.165) is 36.8 Å². The Hall–Kier alpha value is -1.95. The molecule has 0 spiro atoms. The first-order valence-electron chi connectivity index (χ1n) is 7.34. The molecule has 1 aliphatic rings. The molecule has 6 heteroatoms. The maximum absolute atomic E-state index is 12.7. The topological polar surface area (TPSA) is 79.5 Å². The molecule has 21 heavy (non-hydrogen) atoms. The van der Waals surface area contributed by atoms with Crippen molar-refractivity contribution < 1.29 is 14.4 Å². The predicted octanol–water partition coefficient (Wildman–Crippen LogP) is 1.91. The van der Waals surface area contributed by atoms with Crippen molar-refractivity contribution in [3.05, 3.63) is 23.5 Å². The summed E-state index contributed by atoms with van der Waals surface area (Å²) in [4.78, 5) is 18.7. The molecule has 2 heterocycles. The highest BCUT2D eigenvalue weighted by atomic mass is 16.5. The zero-order chi connectivity index (χ0) is 14.8. The van der Waals surface area contributed by atoms with Gasteiger partial charge in [0.15, 0.2) is 0 Å². The smallest absolute Gasteiger partial charge is 0.257 e. The van der Waals surface area contributed by atoms with Gasteiger partial charge in [0, 0.05) is 18.8 Å². The van der Waals surface area contributed by atoms with E-state index < -0.39 is 0 Å². The maximum atomic E-state index is 12.7. The SMILES string of the molecule is Cc1noc2ncc(C(=O)N(CCO)C3CCCC3)cc12. The highest BCUT2D eigenvalue weighted by Gasteiger charge is 2.27. The Balaban J connectivity index is 1.90. The molecule has 2 aromatic heterocycles. The lowest BCUT2D eigenvalue weighted by Gasteiger charge is -2.28. The summed E-state index contributed by atoms with van der Waals surface area (Å²) < 4.78 is 5.07. The van der Waals surface area contributed by atoms with Gasteiger partial charge in [0.25, 0.3) is 11.6 Å². The van der Waals surface area contributed by atoms with E-state index in [2.05, 4.69) is 10.1 Å². The number of fused-ring (bicyclic) bond motifs is 1.